The van der Waals surface area contributed by atoms with Crippen molar-refractivity contribution in [1.29, 1.82) is 0 Å². The molecule has 2 aliphatic carbocycles. The predicted molar refractivity (Wildman–Crippen MR) is 136 cm³/mol. The molecule has 0 spiro atoms. The van der Waals surface area contributed by atoms with Gasteiger partial charge in [-0.25, -0.2) is 9.59 Å². The number of anilines is 1. The molecule has 186 valence electrons. The average molecular weight is 468 g/mol. The summed E-state index contributed by atoms with van der Waals surface area (Å²) in [6, 6.07) is 6.71. The number of carbonyl (C=O) groups is 2. The fraction of sp³-hybridized carbons (Fsp3) is 0.586. The zero-order valence-electron chi connectivity index (χ0n) is 20.9. The minimum absolute atomic E-state index is 0.00529. The zero-order valence-corrected chi connectivity index (χ0v) is 20.9. The lowest BCUT2D eigenvalue weighted by Gasteiger charge is -2.31. The van der Waals surface area contributed by atoms with Gasteiger partial charge in [0.25, 0.3) is 0 Å². The normalized spacial score (nSPS) is 24.8. The van der Waals surface area contributed by atoms with Gasteiger partial charge in [-0.05, 0) is 113 Å². The summed E-state index contributed by atoms with van der Waals surface area (Å²) < 4.78 is 10.7. The van der Waals surface area contributed by atoms with Crippen molar-refractivity contribution in [2.45, 2.75) is 96.0 Å². The molecule has 5 nitrogen and oxygen atoms in total. The largest absolute Gasteiger partial charge is 0.462 e. The van der Waals surface area contributed by atoms with Crippen LogP contribution in [0.15, 0.2) is 42.5 Å². The molecule has 2 fully saturated rings. The Morgan fingerprint density at radius 1 is 0.912 bits per heavy atom. The number of carbonyl (C=O) groups excluding carboxylic acids is 2. The van der Waals surface area contributed by atoms with Crippen LogP contribution in [0, 0.1) is 5.92 Å². The van der Waals surface area contributed by atoms with E-state index < -0.39 is 0 Å². The lowest BCUT2D eigenvalue weighted by atomic mass is 9.76. The fourth-order valence-corrected chi connectivity index (χ4v) is 5.41. The summed E-state index contributed by atoms with van der Waals surface area (Å²) in [6.07, 6.45) is 10.6. The molecule has 0 heterocycles. The van der Waals surface area contributed by atoms with Crippen molar-refractivity contribution in [3.8, 4) is 0 Å². The lowest BCUT2D eigenvalue weighted by molar-refractivity contribution is -0.145. The van der Waals surface area contributed by atoms with Gasteiger partial charge in [-0.3, -0.25) is 0 Å². The van der Waals surface area contributed by atoms with Crippen LogP contribution in [0.1, 0.15) is 101 Å². The number of rotatable bonds is 9. The van der Waals surface area contributed by atoms with Crippen molar-refractivity contribution in [3.63, 3.8) is 0 Å². The number of hydrogen-bond donors (Lipinski definition) is 1. The van der Waals surface area contributed by atoms with Crippen LogP contribution in [0.4, 0.5) is 5.69 Å². The average Bonchev–Trinajstić information content (AvgIpc) is 2.82. The van der Waals surface area contributed by atoms with E-state index in [4.69, 9.17) is 15.2 Å². The van der Waals surface area contributed by atoms with E-state index in [1.807, 2.05) is 0 Å². The first-order valence-electron chi connectivity index (χ1n) is 12.8. The van der Waals surface area contributed by atoms with Gasteiger partial charge >= 0.3 is 11.9 Å². The van der Waals surface area contributed by atoms with Crippen molar-refractivity contribution >= 4 is 17.6 Å². The van der Waals surface area contributed by atoms with E-state index in [1.54, 1.807) is 13.8 Å². The van der Waals surface area contributed by atoms with Crippen molar-refractivity contribution in [1.82, 2.24) is 0 Å². The van der Waals surface area contributed by atoms with Gasteiger partial charge in [-0.2, -0.15) is 0 Å². The SMILES string of the molecule is C=C(C)C(=O)OCCCC1CCC(c2ccc(C3CCC(OC(=O)C(=C)C)CC3)c(N)c2)CC1. The van der Waals surface area contributed by atoms with E-state index >= 15 is 0 Å². The topological polar surface area (TPSA) is 78.6 Å². The van der Waals surface area contributed by atoms with Gasteiger partial charge in [-0.1, -0.05) is 25.3 Å². The van der Waals surface area contributed by atoms with Gasteiger partial charge in [0.1, 0.15) is 6.10 Å². The number of esters is 2. The van der Waals surface area contributed by atoms with Gasteiger partial charge in [-0.15, -0.1) is 0 Å². The first-order valence-corrected chi connectivity index (χ1v) is 12.8. The van der Waals surface area contributed by atoms with Crippen molar-refractivity contribution < 1.29 is 19.1 Å². The van der Waals surface area contributed by atoms with Gasteiger partial charge in [0, 0.05) is 16.8 Å². The van der Waals surface area contributed by atoms with Crippen LogP contribution in [-0.4, -0.2) is 24.6 Å². The molecule has 1 aromatic carbocycles. The van der Waals surface area contributed by atoms with E-state index in [-0.39, 0.29) is 18.0 Å². The lowest BCUT2D eigenvalue weighted by Crippen LogP contribution is -2.24. The van der Waals surface area contributed by atoms with E-state index in [9.17, 15) is 9.59 Å². The van der Waals surface area contributed by atoms with E-state index in [2.05, 4.69) is 31.4 Å². The van der Waals surface area contributed by atoms with Gasteiger partial charge in [0.2, 0.25) is 0 Å². The second-order valence-corrected chi connectivity index (χ2v) is 10.3. The summed E-state index contributed by atoms with van der Waals surface area (Å²) in [5.74, 6) is 1.15. The van der Waals surface area contributed by atoms with Gasteiger partial charge in [0.15, 0.2) is 0 Å². The number of nitrogen functional groups attached to an aromatic ring is 1. The van der Waals surface area contributed by atoms with Crippen LogP contribution in [0.2, 0.25) is 0 Å². The standard InChI is InChI=1S/C29H41NO4/c1-19(2)28(31)33-17-5-6-21-7-9-22(10-8-21)24-13-16-26(27(30)18-24)23-11-14-25(15-12-23)34-29(32)20(3)4/h13,16,18,21-23,25H,1,3,5-12,14-15,17,30H2,2,4H3. The smallest absolute Gasteiger partial charge is 0.333 e. The van der Waals surface area contributed by atoms with Crippen LogP contribution in [0.5, 0.6) is 0 Å². The Balaban J connectivity index is 1.43. The van der Waals surface area contributed by atoms with Crippen molar-refractivity contribution in [2.24, 2.45) is 5.92 Å². The summed E-state index contributed by atoms with van der Waals surface area (Å²) >= 11 is 0. The number of nitrogens with two attached hydrogens (primary N) is 1. The zero-order chi connectivity index (χ0) is 24.7. The maximum Gasteiger partial charge on any atom is 0.333 e. The highest BCUT2D eigenvalue weighted by Crippen LogP contribution is 2.41. The maximum atomic E-state index is 11.8. The summed E-state index contributed by atoms with van der Waals surface area (Å²) in [5.41, 5.74) is 10.9. The molecular weight excluding hydrogens is 426 g/mol. The van der Waals surface area contributed by atoms with Crippen LogP contribution in [-0.2, 0) is 19.1 Å². The summed E-state index contributed by atoms with van der Waals surface area (Å²) in [6.45, 7) is 11.1. The Hall–Kier alpha value is -2.56. The highest BCUT2D eigenvalue weighted by Gasteiger charge is 2.27. The molecule has 0 saturated heterocycles. The van der Waals surface area contributed by atoms with E-state index in [1.165, 1.54) is 36.8 Å². The monoisotopic (exact) mass is 467 g/mol. The molecule has 34 heavy (non-hydrogen) atoms. The maximum absolute atomic E-state index is 11.8. The molecule has 0 aromatic heterocycles. The van der Waals surface area contributed by atoms with Crippen LogP contribution < -0.4 is 5.73 Å². The van der Waals surface area contributed by atoms with E-state index in [0.29, 0.717) is 35.5 Å². The second kappa shape index (κ2) is 12.2. The molecule has 1 aromatic rings. The molecular formula is C29H41NO4. The molecule has 5 heteroatoms. The molecule has 2 N–H and O–H groups in total. The molecule has 3 rings (SSSR count). The number of hydrogen-bond acceptors (Lipinski definition) is 5. The molecule has 2 saturated carbocycles. The Morgan fingerprint density at radius 3 is 2.12 bits per heavy atom. The third-order valence-electron chi connectivity index (χ3n) is 7.50. The van der Waals surface area contributed by atoms with Crippen LogP contribution in [0.3, 0.4) is 0 Å². The van der Waals surface area contributed by atoms with E-state index in [0.717, 1.165) is 44.2 Å². The van der Waals surface area contributed by atoms with Crippen molar-refractivity contribution in [3.05, 3.63) is 53.6 Å². The molecule has 0 radical (unpaired) electrons. The van der Waals surface area contributed by atoms with Crippen LogP contribution in [0.25, 0.3) is 0 Å². The molecule has 0 atom stereocenters. The first-order chi connectivity index (χ1) is 16.2. The van der Waals surface area contributed by atoms with Crippen LogP contribution >= 0.6 is 0 Å². The Bertz CT molecular complexity index is 889. The molecule has 0 bridgehead atoms. The summed E-state index contributed by atoms with van der Waals surface area (Å²) in [5, 5.41) is 0. The van der Waals surface area contributed by atoms with Crippen molar-refractivity contribution in [2.75, 3.05) is 12.3 Å². The highest BCUT2D eigenvalue weighted by atomic mass is 16.5. The molecule has 0 unspecified atom stereocenters. The minimum atomic E-state index is -0.288. The third-order valence-corrected chi connectivity index (χ3v) is 7.50. The van der Waals surface area contributed by atoms with Gasteiger partial charge in [0.05, 0.1) is 6.61 Å². The highest BCUT2D eigenvalue weighted by molar-refractivity contribution is 5.87. The Labute approximate surface area is 204 Å². The fourth-order valence-electron chi connectivity index (χ4n) is 5.41. The Kier molecular flexibility index (Phi) is 9.37. The molecule has 0 amide bonds. The summed E-state index contributed by atoms with van der Waals surface area (Å²) in [7, 11) is 0. The summed E-state index contributed by atoms with van der Waals surface area (Å²) in [4.78, 5) is 23.2. The van der Waals surface area contributed by atoms with Gasteiger partial charge < -0.3 is 15.2 Å². The molecule has 0 aliphatic heterocycles. The predicted octanol–water partition coefficient (Wildman–Crippen LogP) is 6.59. The molecule has 2 aliphatic rings. The minimum Gasteiger partial charge on any atom is -0.462 e. The second-order valence-electron chi connectivity index (χ2n) is 10.3. The third kappa shape index (κ3) is 7.22. The number of ether oxygens (including phenoxy) is 2. The Morgan fingerprint density at radius 2 is 1.53 bits per heavy atom. The first kappa shape index (κ1) is 26.1. The quantitative estimate of drug-likeness (QED) is 0.192. The number of benzene rings is 1.